The van der Waals surface area contributed by atoms with Gasteiger partial charge in [-0.1, -0.05) is 71.9 Å². The van der Waals surface area contributed by atoms with E-state index in [4.69, 9.17) is 20.0 Å². The van der Waals surface area contributed by atoms with Gasteiger partial charge in [-0.25, -0.2) is 9.78 Å². The van der Waals surface area contributed by atoms with E-state index in [0.717, 1.165) is 22.5 Å². The fraction of sp³-hybridized carbons (Fsp3) is 0.226. The van der Waals surface area contributed by atoms with Gasteiger partial charge in [0.15, 0.2) is 16.9 Å². The maximum atomic E-state index is 14.0. The summed E-state index contributed by atoms with van der Waals surface area (Å²) in [6.45, 7) is 1.28. The Hall–Kier alpha value is -4.95. The first-order chi connectivity index (χ1) is 21.8. The number of nitrogens with one attached hydrogen (secondary N) is 1. The number of hydrogen-bond donors (Lipinski definition) is 2. The highest BCUT2D eigenvalue weighted by atomic mass is 32.2. The molecule has 0 radical (unpaired) electrons. The molecule has 45 heavy (non-hydrogen) atoms. The van der Waals surface area contributed by atoms with E-state index in [1.54, 1.807) is 17.5 Å². The molecule has 2 amide bonds. The topological polar surface area (TPSA) is 163 Å². The Labute approximate surface area is 266 Å². The predicted octanol–water partition coefficient (Wildman–Crippen LogP) is 3.18. The van der Waals surface area contributed by atoms with Crippen LogP contribution in [0.3, 0.4) is 0 Å². The zero-order valence-corrected chi connectivity index (χ0v) is 25.9. The molecular weight excluding hydrogens is 619 g/mol. The zero-order valence-electron chi connectivity index (χ0n) is 24.2. The van der Waals surface area contributed by atoms with E-state index >= 15 is 0 Å². The van der Waals surface area contributed by atoms with Crippen molar-refractivity contribution in [3.8, 4) is 0 Å². The Morgan fingerprint density at radius 1 is 1.13 bits per heavy atom. The number of nitrogens with two attached hydrogens (primary N) is 1. The van der Waals surface area contributed by atoms with Gasteiger partial charge in [-0.3, -0.25) is 19.3 Å². The molecule has 2 aliphatic rings. The van der Waals surface area contributed by atoms with E-state index in [0.29, 0.717) is 11.3 Å². The number of nitrogens with zero attached hydrogens (tertiary/aromatic N) is 3. The minimum Gasteiger partial charge on any atom is -0.462 e. The SMILES string of the molecule is CO/N=C(\C(=O)NC1C(=O)N2C(C(=O)OC(c3ccccc3)c3ccccc3)=C(/C=C/COC(C)=O)CSC12)c1csc(N)n1. The monoisotopic (exact) mass is 647 g/mol. The van der Waals surface area contributed by atoms with Gasteiger partial charge in [-0.15, -0.1) is 23.1 Å². The van der Waals surface area contributed by atoms with Crippen LogP contribution in [-0.4, -0.2) is 70.2 Å². The molecule has 1 aromatic heterocycles. The number of thioether (sulfide) groups is 1. The fourth-order valence-corrected chi connectivity index (χ4v) is 6.63. The van der Waals surface area contributed by atoms with Crippen LogP contribution in [0, 0.1) is 0 Å². The van der Waals surface area contributed by atoms with E-state index in [1.165, 1.54) is 30.7 Å². The van der Waals surface area contributed by atoms with Gasteiger partial charge in [0.05, 0.1) is 0 Å². The first kappa shape index (κ1) is 31.5. The number of anilines is 1. The van der Waals surface area contributed by atoms with Crippen LogP contribution in [0.25, 0.3) is 0 Å². The van der Waals surface area contributed by atoms with Gasteiger partial charge in [0.1, 0.15) is 36.5 Å². The van der Waals surface area contributed by atoms with Crippen molar-refractivity contribution in [2.24, 2.45) is 5.16 Å². The maximum Gasteiger partial charge on any atom is 0.356 e. The molecule has 2 unspecified atom stereocenters. The fourth-order valence-electron chi connectivity index (χ4n) is 4.76. The number of aromatic nitrogens is 1. The number of benzene rings is 2. The van der Waals surface area contributed by atoms with Crippen molar-refractivity contribution in [1.29, 1.82) is 0 Å². The number of thiazole rings is 1. The minimum absolute atomic E-state index is 0.0126. The number of fused-ring (bicyclic) bond motifs is 1. The molecule has 5 rings (SSSR count). The average molecular weight is 648 g/mol. The Morgan fingerprint density at radius 2 is 1.80 bits per heavy atom. The third-order valence-electron chi connectivity index (χ3n) is 6.77. The molecule has 3 N–H and O–H groups in total. The third-order valence-corrected chi connectivity index (χ3v) is 8.75. The number of nitrogen functional groups attached to an aromatic ring is 1. The van der Waals surface area contributed by atoms with Crippen LogP contribution in [0.15, 0.2) is 94.6 Å². The number of allylic oxidation sites excluding steroid dienone is 1. The molecule has 12 nitrogen and oxygen atoms in total. The largest absolute Gasteiger partial charge is 0.462 e. The molecule has 2 atom stereocenters. The summed E-state index contributed by atoms with van der Waals surface area (Å²) in [5.41, 5.74) is 7.83. The molecule has 2 aromatic carbocycles. The van der Waals surface area contributed by atoms with Gasteiger partial charge in [0, 0.05) is 18.1 Å². The lowest BCUT2D eigenvalue weighted by Crippen LogP contribution is -2.71. The van der Waals surface area contributed by atoms with Crippen LogP contribution in [0.2, 0.25) is 0 Å². The van der Waals surface area contributed by atoms with Gasteiger partial charge in [0.2, 0.25) is 0 Å². The molecule has 0 spiro atoms. The number of rotatable bonds is 11. The highest BCUT2D eigenvalue weighted by Crippen LogP contribution is 2.42. The summed E-state index contributed by atoms with van der Waals surface area (Å²) in [6.07, 6.45) is 2.47. The van der Waals surface area contributed by atoms with Gasteiger partial charge >= 0.3 is 11.9 Å². The number of β-lactam (4-membered cyclic amide) rings is 1. The number of amides is 2. The summed E-state index contributed by atoms with van der Waals surface area (Å²) in [7, 11) is 1.29. The third kappa shape index (κ3) is 7.07. The summed E-state index contributed by atoms with van der Waals surface area (Å²) < 4.78 is 11.1. The zero-order chi connectivity index (χ0) is 31.9. The molecule has 14 heteroatoms. The second-order valence-electron chi connectivity index (χ2n) is 9.74. The standard InChI is InChI=1S/C31H29N5O7S2/c1-18(37)42-15-9-14-21-16-44-29-24(34-27(38)23(35-41-2)22-17-45-31(32)33-22)28(39)36(29)25(21)30(40)43-26(19-10-5-3-6-11-19)20-12-7-4-8-13-20/h3-14,17,24,26,29H,15-16H2,1-2H3,(H2,32,33)(H,34,38)/b14-9+,35-23-. The summed E-state index contributed by atoms with van der Waals surface area (Å²) in [4.78, 5) is 62.3. The van der Waals surface area contributed by atoms with Crippen LogP contribution in [0.1, 0.15) is 29.8 Å². The molecule has 1 saturated heterocycles. The number of oxime groups is 1. The van der Waals surface area contributed by atoms with E-state index in [1.807, 2.05) is 60.7 Å². The summed E-state index contributed by atoms with van der Waals surface area (Å²) >= 11 is 2.49. The second kappa shape index (κ2) is 14.2. The van der Waals surface area contributed by atoms with Gasteiger partial charge in [-0.2, -0.15) is 0 Å². The number of carbonyl (C=O) groups is 4. The summed E-state index contributed by atoms with van der Waals surface area (Å²) in [5.74, 6) is -2.06. The van der Waals surface area contributed by atoms with Crippen molar-refractivity contribution >= 4 is 57.7 Å². The van der Waals surface area contributed by atoms with Crippen molar-refractivity contribution in [1.82, 2.24) is 15.2 Å². The smallest absolute Gasteiger partial charge is 0.356 e. The first-order valence-corrected chi connectivity index (χ1v) is 15.6. The van der Waals surface area contributed by atoms with Crippen LogP contribution < -0.4 is 11.1 Å². The quantitative estimate of drug-likeness (QED) is 0.137. The summed E-state index contributed by atoms with van der Waals surface area (Å²) in [6, 6.07) is 17.6. The first-order valence-electron chi connectivity index (χ1n) is 13.7. The second-order valence-corrected chi connectivity index (χ2v) is 11.7. The number of hydrogen-bond acceptors (Lipinski definition) is 12. The molecule has 2 aliphatic heterocycles. The van der Waals surface area contributed by atoms with Crippen LogP contribution in [0.5, 0.6) is 0 Å². The minimum atomic E-state index is -0.964. The van der Waals surface area contributed by atoms with Crippen molar-refractivity contribution in [2.45, 2.75) is 24.4 Å². The van der Waals surface area contributed by atoms with Crippen molar-refractivity contribution in [3.05, 3.63) is 106 Å². The van der Waals surface area contributed by atoms with Gasteiger partial charge in [0.25, 0.3) is 11.8 Å². The van der Waals surface area contributed by atoms with E-state index in [2.05, 4.69) is 15.5 Å². The molecule has 3 heterocycles. The maximum absolute atomic E-state index is 14.0. The number of ether oxygens (including phenoxy) is 2. The van der Waals surface area contributed by atoms with Gasteiger partial charge in [-0.05, 0) is 22.8 Å². The lowest BCUT2D eigenvalue weighted by atomic mass is 10.0. The summed E-state index contributed by atoms with van der Waals surface area (Å²) in [5, 5.41) is 7.67. The van der Waals surface area contributed by atoms with E-state index in [9.17, 15) is 19.2 Å². The highest BCUT2D eigenvalue weighted by Gasteiger charge is 2.54. The molecular formula is C31H29N5O7S2. The Kier molecular flexibility index (Phi) is 9.95. The van der Waals surface area contributed by atoms with Crippen molar-refractivity contribution < 1.29 is 33.5 Å². The molecule has 3 aromatic rings. The Bertz CT molecular complexity index is 1630. The Balaban J connectivity index is 1.43. The molecule has 232 valence electrons. The van der Waals surface area contributed by atoms with Crippen molar-refractivity contribution in [2.75, 3.05) is 25.2 Å². The number of esters is 2. The van der Waals surface area contributed by atoms with Crippen LogP contribution in [-0.2, 0) is 33.5 Å². The van der Waals surface area contributed by atoms with Crippen LogP contribution >= 0.6 is 23.1 Å². The predicted molar refractivity (Wildman–Crippen MR) is 169 cm³/mol. The van der Waals surface area contributed by atoms with Crippen LogP contribution in [0.4, 0.5) is 5.13 Å². The molecule has 1 fully saturated rings. The Morgan fingerprint density at radius 3 is 2.38 bits per heavy atom. The normalized spacial score (nSPS) is 18.0. The van der Waals surface area contributed by atoms with E-state index in [-0.39, 0.29) is 28.8 Å². The lowest BCUT2D eigenvalue weighted by molar-refractivity contribution is -0.154. The van der Waals surface area contributed by atoms with Gasteiger partial charge < -0.3 is 25.4 Å². The molecule has 0 bridgehead atoms. The highest BCUT2D eigenvalue weighted by molar-refractivity contribution is 8.00. The lowest BCUT2D eigenvalue weighted by Gasteiger charge is -2.49. The molecule has 0 aliphatic carbocycles. The molecule has 0 saturated carbocycles. The van der Waals surface area contributed by atoms with Crippen molar-refractivity contribution in [3.63, 3.8) is 0 Å². The average Bonchev–Trinajstić information content (AvgIpc) is 3.48. The number of carbonyl (C=O) groups excluding carboxylic acids is 4. The van der Waals surface area contributed by atoms with E-state index < -0.39 is 41.3 Å².